The Kier molecular flexibility index (Phi) is 6.44. The molecule has 0 aliphatic carbocycles. The third-order valence-corrected chi connectivity index (χ3v) is 3.68. The molecular weight excluding hydrogens is 314 g/mol. The van der Waals surface area contributed by atoms with Crippen LogP contribution in [0.4, 0.5) is 0 Å². The molecule has 0 aromatic heterocycles. The predicted octanol–water partition coefficient (Wildman–Crippen LogP) is 2.61. The summed E-state index contributed by atoms with van der Waals surface area (Å²) in [5.41, 5.74) is 1.75. The minimum atomic E-state index is -0.623. The molecule has 0 bridgehead atoms. The molecule has 5 heteroatoms. The predicted molar refractivity (Wildman–Crippen MR) is 90.9 cm³/mol. The van der Waals surface area contributed by atoms with Crippen LogP contribution in [0.15, 0.2) is 48.5 Å². The van der Waals surface area contributed by atoms with Gasteiger partial charge < -0.3 is 15.2 Å². The molecule has 0 spiro atoms. The number of carbonyl (C=O) groups excluding carboxylic acids is 1. The summed E-state index contributed by atoms with van der Waals surface area (Å²) in [5.74, 6) is 0.437. The summed E-state index contributed by atoms with van der Waals surface area (Å²) in [5, 5.41) is 13.3. The lowest BCUT2D eigenvalue weighted by Gasteiger charge is -2.13. The maximum Gasteiger partial charge on any atom is 0.224 e. The number of hydrogen-bond acceptors (Lipinski definition) is 3. The van der Waals surface area contributed by atoms with E-state index in [0.717, 1.165) is 11.1 Å². The van der Waals surface area contributed by atoms with Crippen LogP contribution in [0.2, 0.25) is 5.02 Å². The molecule has 122 valence electrons. The lowest BCUT2D eigenvalue weighted by Crippen LogP contribution is -2.34. The van der Waals surface area contributed by atoms with Crippen LogP contribution in [0.5, 0.6) is 5.75 Å². The fourth-order valence-electron chi connectivity index (χ4n) is 2.31. The molecule has 0 saturated heterocycles. The summed E-state index contributed by atoms with van der Waals surface area (Å²) >= 11 is 5.95. The minimum absolute atomic E-state index is 0.155. The van der Waals surface area contributed by atoms with Crippen LogP contribution in [0, 0.1) is 0 Å². The van der Waals surface area contributed by atoms with Crippen molar-refractivity contribution in [3.05, 3.63) is 64.7 Å². The highest BCUT2D eigenvalue weighted by Gasteiger charge is 2.11. The van der Waals surface area contributed by atoms with Gasteiger partial charge in [-0.05, 0) is 23.8 Å². The van der Waals surface area contributed by atoms with E-state index < -0.39 is 6.10 Å². The van der Waals surface area contributed by atoms with Gasteiger partial charge in [-0.25, -0.2) is 0 Å². The smallest absolute Gasteiger partial charge is 0.224 e. The number of hydrogen-bond donors (Lipinski definition) is 2. The molecule has 1 unspecified atom stereocenters. The van der Waals surface area contributed by atoms with E-state index in [1.807, 2.05) is 30.3 Å². The van der Waals surface area contributed by atoms with Crippen molar-refractivity contribution in [2.45, 2.75) is 18.9 Å². The molecule has 1 atom stereocenters. The molecule has 0 radical (unpaired) electrons. The van der Waals surface area contributed by atoms with Crippen molar-refractivity contribution in [3.63, 3.8) is 0 Å². The molecule has 0 aliphatic rings. The summed E-state index contributed by atoms with van der Waals surface area (Å²) in [6.45, 7) is 0.205. The molecular formula is C18H20ClNO3. The molecule has 0 saturated carbocycles. The number of aliphatic hydroxyl groups is 1. The second kappa shape index (κ2) is 8.56. The van der Waals surface area contributed by atoms with Crippen LogP contribution in [0.25, 0.3) is 0 Å². The van der Waals surface area contributed by atoms with Crippen molar-refractivity contribution < 1.29 is 14.6 Å². The van der Waals surface area contributed by atoms with Crippen molar-refractivity contribution in [1.82, 2.24) is 5.32 Å². The zero-order chi connectivity index (χ0) is 16.7. The number of aliphatic hydroxyl groups excluding tert-OH is 1. The Morgan fingerprint density at radius 1 is 1.26 bits per heavy atom. The van der Waals surface area contributed by atoms with E-state index in [9.17, 15) is 9.90 Å². The van der Waals surface area contributed by atoms with Crippen molar-refractivity contribution in [2.24, 2.45) is 0 Å². The highest BCUT2D eigenvalue weighted by atomic mass is 35.5. The van der Waals surface area contributed by atoms with Crippen LogP contribution >= 0.6 is 11.6 Å². The Morgan fingerprint density at radius 2 is 2.00 bits per heavy atom. The van der Waals surface area contributed by atoms with E-state index in [1.54, 1.807) is 25.3 Å². The first kappa shape index (κ1) is 17.3. The van der Waals surface area contributed by atoms with E-state index in [4.69, 9.17) is 16.3 Å². The first-order chi connectivity index (χ1) is 11.1. The van der Waals surface area contributed by atoms with Crippen molar-refractivity contribution >= 4 is 17.5 Å². The largest absolute Gasteiger partial charge is 0.496 e. The highest BCUT2D eigenvalue weighted by molar-refractivity contribution is 6.30. The Hall–Kier alpha value is -2.04. The third kappa shape index (κ3) is 5.58. The average molecular weight is 334 g/mol. The molecule has 0 aliphatic heterocycles. The van der Waals surface area contributed by atoms with Gasteiger partial charge in [0.1, 0.15) is 5.75 Å². The molecule has 2 rings (SSSR count). The average Bonchev–Trinajstić information content (AvgIpc) is 2.54. The Labute approximate surface area is 141 Å². The van der Waals surface area contributed by atoms with Crippen LogP contribution < -0.4 is 10.1 Å². The molecule has 23 heavy (non-hydrogen) atoms. The Morgan fingerprint density at radius 3 is 2.70 bits per heavy atom. The summed E-state index contributed by atoms with van der Waals surface area (Å²) in [4.78, 5) is 12.0. The number of halogens is 1. The molecule has 2 aromatic rings. The van der Waals surface area contributed by atoms with E-state index >= 15 is 0 Å². The topological polar surface area (TPSA) is 58.6 Å². The fourth-order valence-corrected chi connectivity index (χ4v) is 2.51. The molecule has 4 nitrogen and oxygen atoms in total. The van der Waals surface area contributed by atoms with Gasteiger partial charge in [0.25, 0.3) is 0 Å². The van der Waals surface area contributed by atoms with Crippen molar-refractivity contribution in [2.75, 3.05) is 13.7 Å². The van der Waals surface area contributed by atoms with E-state index in [-0.39, 0.29) is 18.9 Å². The van der Waals surface area contributed by atoms with Gasteiger partial charge >= 0.3 is 0 Å². The Balaban J connectivity index is 1.84. The molecule has 2 N–H and O–H groups in total. The van der Waals surface area contributed by atoms with Crippen molar-refractivity contribution in [1.29, 1.82) is 0 Å². The number of amides is 1. The summed E-state index contributed by atoms with van der Waals surface area (Å²) < 4.78 is 5.22. The zero-order valence-corrected chi connectivity index (χ0v) is 13.7. The maximum absolute atomic E-state index is 12.0. The number of carbonyl (C=O) groups is 1. The van der Waals surface area contributed by atoms with Gasteiger partial charge in [-0.1, -0.05) is 41.9 Å². The molecule has 0 heterocycles. The lowest BCUT2D eigenvalue weighted by molar-refractivity contribution is -0.120. The number of ether oxygens (including phenoxy) is 1. The first-order valence-electron chi connectivity index (χ1n) is 7.39. The van der Waals surface area contributed by atoms with Crippen molar-refractivity contribution in [3.8, 4) is 5.75 Å². The number of nitrogens with one attached hydrogen (secondary N) is 1. The maximum atomic E-state index is 12.0. The second-order valence-corrected chi connectivity index (χ2v) is 5.72. The minimum Gasteiger partial charge on any atom is -0.496 e. The van der Waals surface area contributed by atoms with Gasteiger partial charge in [0.05, 0.1) is 19.6 Å². The molecule has 0 fully saturated rings. The standard InChI is InChI=1S/C18H20ClNO3/c1-23-17-8-7-15(19)10-14(17)11-18(22)20-12-16(21)9-13-5-3-2-4-6-13/h2-8,10,16,21H,9,11-12H2,1H3,(H,20,22). The fraction of sp³-hybridized carbons (Fsp3) is 0.278. The van der Waals surface area contributed by atoms with Crippen LogP contribution in [0.1, 0.15) is 11.1 Å². The zero-order valence-electron chi connectivity index (χ0n) is 13.0. The van der Waals surface area contributed by atoms with E-state index in [0.29, 0.717) is 17.2 Å². The summed E-state index contributed by atoms with van der Waals surface area (Å²) in [7, 11) is 1.55. The second-order valence-electron chi connectivity index (χ2n) is 5.28. The monoisotopic (exact) mass is 333 g/mol. The Bertz CT molecular complexity index is 646. The van der Waals surface area contributed by atoms with Gasteiger partial charge in [-0.2, -0.15) is 0 Å². The highest BCUT2D eigenvalue weighted by Crippen LogP contribution is 2.22. The van der Waals surface area contributed by atoms with Gasteiger partial charge in [-0.3, -0.25) is 4.79 Å². The molecule has 1 amide bonds. The first-order valence-corrected chi connectivity index (χ1v) is 7.77. The molecule has 2 aromatic carbocycles. The number of rotatable bonds is 7. The quantitative estimate of drug-likeness (QED) is 0.819. The van der Waals surface area contributed by atoms with E-state index in [2.05, 4.69) is 5.32 Å². The number of benzene rings is 2. The van der Waals surface area contributed by atoms with Crippen LogP contribution in [0.3, 0.4) is 0 Å². The summed E-state index contributed by atoms with van der Waals surface area (Å²) in [6.07, 6.45) is 0.0336. The van der Waals surface area contributed by atoms with Gasteiger partial charge in [0.2, 0.25) is 5.91 Å². The van der Waals surface area contributed by atoms with E-state index in [1.165, 1.54) is 0 Å². The summed E-state index contributed by atoms with van der Waals surface area (Å²) in [6, 6.07) is 14.8. The van der Waals surface area contributed by atoms with Crippen LogP contribution in [-0.2, 0) is 17.6 Å². The third-order valence-electron chi connectivity index (χ3n) is 3.44. The SMILES string of the molecule is COc1ccc(Cl)cc1CC(=O)NCC(O)Cc1ccccc1. The van der Waals surface area contributed by atoms with Gasteiger partial charge in [-0.15, -0.1) is 0 Å². The van der Waals surface area contributed by atoms with Crippen LogP contribution in [-0.4, -0.2) is 30.8 Å². The van der Waals surface area contributed by atoms with Gasteiger partial charge in [0, 0.05) is 23.6 Å². The lowest BCUT2D eigenvalue weighted by atomic mass is 10.1. The van der Waals surface area contributed by atoms with Gasteiger partial charge in [0.15, 0.2) is 0 Å². The number of methoxy groups -OCH3 is 1. The normalized spacial score (nSPS) is 11.8.